The molecule has 0 unspecified atom stereocenters. The molecule has 0 atom stereocenters. The largest absolute Gasteiger partial charge is 0.329 e. The van der Waals surface area contributed by atoms with Crippen molar-refractivity contribution in [3.8, 4) is 0 Å². The van der Waals surface area contributed by atoms with Crippen molar-refractivity contribution in [3.05, 3.63) is 69.1 Å². The molecule has 0 saturated heterocycles. The van der Waals surface area contributed by atoms with E-state index in [1.807, 2.05) is 6.92 Å². The lowest BCUT2D eigenvalue weighted by atomic mass is 10.0. The fourth-order valence-corrected chi connectivity index (χ4v) is 1.72. The minimum absolute atomic E-state index is 0.0369. The van der Waals surface area contributed by atoms with Crippen LogP contribution in [0, 0.1) is 13.8 Å². The number of benzene rings is 1. The number of hydrogen-bond donors (Lipinski definition) is 1. The minimum Gasteiger partial charge on any atom is -0.329 e. The van der Waals surface area contributed by atoms with E-state index < -0.39 is 0 Å². The predicted molar refractivity (Wildman–Crippen MR) is 65.8 cm³/mol. The number of rotatable bonds is 2. The first-order valence-electron chi connectivity index (χ1n) is 5.39. The van der Waals surface area contributed by atoms with Crippen molar-refractivity contribution in [2.75, 3.05) is 0 Å². The van der Waals surface area contributed by atoms with Gasteiger partial charge in [-0.2, -0.15) is 0 Å². The zero-order valence-electron chi connectivity index (χ0n) is 9.58. The van der Waals surface area contributed by atoms with E-state index in [0.717, 1.165) is 12.0 Å². The molecule has 1 aromatic heterocycles. The summed E-state index contributed by atoms with van der Waals surface area (Å²) < 4.78 is 0. The van der Waals surface area contributed by atoms with Crippen LogP contribution in [0.5, 0.6) is 0 Å². The van der Waals surface area contributed by atoms with Gasteiger partial charge >= 0.3 is 0 Å². The standard InChI is InChI=1S/C14H15NO/c1-10-3-5-12(6-4-10)8-13-9-15-14(16)7-11(13)2/h3-7,9H,8H2,1-2H3,(H,15,16). The highest BCUT2D eigenvalue weighted by atomic mass is 16.1. The van der Waals surface area contributed by atoms with Gasteiger partial charge in [0.2, 0.25) is 5.56 Å². The number of aromatic amines is 1. The van der Waals surface area contributed by atoms with Gasteiger partial charge in [0.05, 0.1) is 0 Å². The molecule has 1 aromatic carbocycles. The Hall–Kier alpha value is -1.83. The molecule has 16 heavy (non-hydrogen) atoms. The molecule has 2 rings (SSSR count). The first-order chi connectivity index (χ1) is 7.65. The summed E-state index contributed by atoms with van der Waals surface area (Å²) in [7, 11) is 0. The van der Waals surface area contributed by atoms with Crippen molar-refractivity contribution < 1.29 is 0 Å². The molecule has 0 aliphatic rings. The summed E-state index contributed by atoms with van der Waals surface area (Å²) >= 11 is 0. The zero-order valence-corrected chi connectivity index (χ0v) is 9.58. The second-order valence-electron chi connectivity index (χ2n) is 4.17. The lowest BCUT2D eigenvalue weighted by molar-refractivity contribution is 1.08. The molecule has 1 heterocycles. The maximum absolute atomic E-state index is 11.1. The van der Waals surface area contributed by atoms with Gasteiger partial charge in [0, 0.05) is 12.3 Å². The Bertz CT molecular complexity index is 537. The third-order valence-electron chi connectivity index (χ3n) is 2.76. The number of aryl methyl sites for hydroxylation is 2. The minimum atomic E-state index is -0.0369. The van der Waals surface area contributed by atoms with Crippen LogP contribution in [0.2, 0.25) is 0 Å². The number of hydrogen-bond acceptors (Lipinski definition) is 1. The average Bonchev–Trinajstić information content (AvgIpc) is 2.25. The maximum atomic E-state index is 11.1. The summed E-state index contributed by atoms with van der Waals surface area (Å²) in [4.78, 5) is 13.8. The van der Waals surface area contributed by atoms with Crippen molar-refractivity contribution in [1.29, 1.82) is 0 Å². The summed E-state index contributed by atoms with van der Waals surface area (Å²) in [6.07, 6.45) is 2.67. The predicted octanol–water partition coefficient (Wildman–Crippen LogP) is 2.58. The molecule has 0 bridgehead atoms. The molecule has 0 amide bonds. The molecule has 1 N–H and O–H groups in total. The molecule has 0 aliphatic heterocycles. The number of nitrogens with one attached hydrogen (secondary N) is 1. The van der Waals surface area contributed by atoms with Gasteiger partial charge < -0.3 is 4.98 Å². The Balaban J connectivity index is 2.27. The van der Waals surface area contributed by atoms with Crippen LogP contribution in [-0.2, 0) is 6.42 Å². The molecule has 2 heteroatoms. The zero-order chi connectivity index (χ0) is 11.5. The van der Waals surface area contributed by atoms with E-state index in [0.29, 0.717) is 0 Å². The quantitative estimate of drug-likeness (QED) is 0.817. The fourth-order valence-electron chi connectivity index (χ4n) is 1.72. The molecular formula is C14H15NO. The number of H-pyrrole nitrogens is 1. The summed E-state index contributed by atoms with van der Waals surface area (Å²) in [6.45, 7) is 4.05. The van der Waals surface area contributed by atoms with E-state index in [2.05, 4.69) is 36.2 Å². The summed E-state index contributed by atoms with van der Waals surface area (Å²) in [6, 6.07) is 10.1. The highest BCUT2D eigenvalue weighted by Gasteiger charge is 2.00. The van der Waals surface area contributed by atoms with Gasteiger partial charge in [-0.05, 0) is 37.0 Å². The normalized spacial score (nSPS) is 10.4. The Kier molecular flexibility index (Phi) is 2.91. The molecule has 0 saturated carbocycles. The first-order valence-corrected chi connectivity index (χ1v) is 5.39. The van der Waals surface area contributed by atoms with Crippen LogP contribution in [0.15, 0.2) is 41.3 Å². The summed E-state index contributed by atoms with van der Waals surface area (Å²) in [5.41, 5.74) is 4.71. The fraction of sp³-hybridized carbons (Fsp3) is 0.214. The SMILES string of the molecule is Cc1ccc(Cc2c[nH]c(=O)cc2C)cc1. The van der Waals surface area contributed by atoms with E-state index in [-0.39, 0.29) is 5.56 Å². The molecule has 0 fully saturated rings. The van der Waals surface area contributed by atoms with Crippen LogP contribution in [-0.4, -0.2) is 4.98 Å². The lowest BCUT2D eigenvalue weighted by Crippen LogP contribution is -2.06. The molecule has 0 spiro atoms. The molecule has 2 nitrogen and oxygen atoms in total. The van der Waals surface area contributed by atoms with Gasteiger partial charge in [-0.3, -0.25) is 4.79 Å². The third-order valence-corrected chi connectivity index (χ3v) is 2.76. The van der Waals surface area contributed by atoms with Crippen molar-refractivity contribution in [2.45, 2.75) is 20.3 Å². The number of pyridine rings is 1. The van der Waals surface area contributed by atoms with E-state index in [9.17, 15) is 4.79 Å². The smallest absolute Gasteiger partial charge is 0.248 e. The summed E-state index contributed by atoms with van der Waals surface area (Å²) in [5.74, 6) is 0. The third kappa shape index (κ3) is 2.40. The second kappa shape index (κ2) is 4.35. The first kappa shape index (κ1) is 10.7. The Labute approximate surface area is 95.0 Å². The van der Waals surface area contributed by atoms with Crippen molar-refractivity contribution >= 4 is 0 Å². The van der Waals surface area contributed by atoms with Crippen LogP contribution >= 0.6 is 0 Å². The Morgan fingerprint density at radius 1 is 1.12 bits per heavy atom. The topological polar surface area (TPSA) is 32.9 Å². The van der Waals surface area contributed by atoms with E-state index in [1.54, 1.807) is 12.3 Å². The van der Waals surface area contributed by atoms with Crippen LogP contribution in [0.3, 0.4) is 0 Å². The average molecular weight is 213 g/mol. The molecule has 0 aliphatic carbocycles. The van der Waals surface area contributed by atoms with Gasteiger partial charge in [0.1, 0.15) is 0 Å². The Morgan fingerprint density at radius 3 is 2.44 bits per heavy atom. The Morgan fingerprint density at radius 2 is 1.81 bits per heavy atom. The molecular weight excluding hydrogens is 198 g/mol. The van der Waals surface area contributed by atoms with Crippen molar-refractivity contribution in [1.82, 2.24) is 4.98 Å². The van der Waals surface area contributed by atoms with Crippen molar-refractivity contribution in [3.63, 3.8) is 0 Å². The second-order valence-corrected chi connectivity index (χ2v) is 4.17. The van der Waals surface area contributed by atoms with Crippen LogP contribution in [0.25, 0.3) is 0 Å². The number of aromatic nitrogens is 1. The lowest BCUT2D eigenvalue weighted by Gasteiger charge is -2.05. The van der Waals surface area contributed by atoms with Crippen LogP contribution < -0.4 is 5.56 Å². The summed E-state index contributed by atoms with van der Waals surface area (Å²) in [5, 5.41) is 0. The van der Waals surface area contributed by atoms with Gasteiger partial charge in [0.15, 0.2) is 0 Å². The highest BCUT2D eigenvalue weighted by molar-refractivity contribution is 5.30. The van der Waals surface area contributed by atoms with E-state index in [1.165, 1.54) is 16.7 Å². The van der Waals surface area contributed by atoms with Gasteiger partial charge in [-0.25, -0.2) is 0 Å². The maximum Gasteiger partial charge on any atom is 0.248 e. The molecule has 0 radical (unpaired) electrons. The van der Waals surface area contributed by atoms with Crippen LogP contribution in [0.1, 0.15) is 22.3 Å². The van der Waals surface area contributed by atoms with Gasteiger partial charge in [-0.1, -0.05) is 29.8 Å². The molecule has 82 valence electrons. The van der Waals surface area contributed by atoms with E-state index >= 15 is 0 Å². The monoisotopic (exact) mass is 213 g/mol. The molecule has 2 aromatic rings. The highest BCUT2D eigenvalue weighted by Crippen LogP contribution is 2.11. The van der Waals surface area contributed by atoms with E-state index in [4.69, 9.17) is 0 Å². The van der Waals surface area contributed by atoms with Gasteiger partial charge in [-0.15, -0.1) is 0 Å². The van der Waals surface area contributed by atoms with Crippen LogP contribution in [0.4, 0.5) is 0 Å². The van der Waals surface area contributed by atoms with Crippen molar-refractivity contribution in [2.24, 2.45) is 0 Å². The van der Waals surface area contributed by atoms with Gasteiger partial charge in [0.25, 0.3) is 0 Å².